The summed E-state index contributed by atoms with van der Waals surface area (Å²) in [4.78, 5) is 24.7. The zero-order chi connectivity index (χ0) is 13.8. The van der Waals surface area contributed by atoms with E-state index in [1.165, 1.54) is 18.7 Å². The van der Waals surface area contributed by atoms with Crippen LogP contribution in [0.4, 0.5) is 5.69 Å². The fourth-order valence-electron chi connectivity index (χ4n) is 2.45. The second-order valence-corrected chi connectivity index (χ2v) is 5.45. The molecule has 2 rings (SSSR count). The number of nitrogens with one attached hydrogen (secondary N) is 2. The first kappa shape index (κ1) is 14.0. The van der Waals surface area contributed by atoms with Gasteiger partial charge in [-0.15, -0.1) is 0 Å². The van der Waals surface area contributed by atoms with E-state index in [2.05, 4.69) is 26.2 Å². The van der Waals surface area contributed by atoms with Crippen molar-refractivity contribution in [2.75, 3.05) is 5.33 Å². The number of hydrogen-bond donors (Lipinski definition) is 2. The number of alkyl halides is 1. The van der Waals surface area contributed by atoms with Gasteiger partial charge in [0.15, 0.2) is 0 Å². The van der Waals surface area contributed by atoms with Crippen LogP contribution >= 0.6 is 15.9 Å². The first-order valence-corrected chi connectivity index (χ1v) is 7.43. The van der Waals surface area contributed by atoms with Gasteiger partial charge >= 0.3 is 0 Å². The van der Waals surface area contributed by atoms with E-state index in [-0.39, 0.29) is 23.3 Å². The lowest BCUT2D eigenvalue weighted by molar-refractivity contribution is -0.384. The summed E-state index contributed by atoms with van der Waals surface area (Å²) < 4.78 is 0. The summed E-state index contributed by atoms with van der Waals surface area (Å²) in [6.45, 7) is 0. The Bertz CT molecular complexity index is 475. The molecule has 6 nitrogen and oxygen atoms in total. The summed E-state index contributed by atoms with van der Waals surface area (Å²) in [6.07, 6.45) is 5.60. The lowest BCUT2D eigenvalue weighted by Crippen LogP contribution is -2.42. The second kappa shape index (κ2) is 6.18. The Balaban J connectivity index is 2.01. The van der Waals surface area contributed by atoms with Crippen molar-refractivity contribution in [1.82, 2.24) is 10.3 Å². The average Bonchev–Trinajstić information content (AvgIpc) is 2.89. The first-order valence-electron chi connectivity index (χ1n) is 6.31. The van der Waals surface area contributed by atoms with Gasteiger partial charge in [-0.25, -0.2) is 0 Å². The van der Waals surface area contributed by atoms with Crippen LogP contribution in [0, 0.1) is 16.0 Å². The SMILES string of the molecule is O=C(NC1CCCCC1CBr)c1cc([N+](=O)[O-])c[nH]1. The summed E-state index contributed by atoms with van der Waals surface area (Å²) in [5, 5.41) is 14.4. The van der Waals surface area contributed by atoms with Gasteiger partial charge in [-0.2, -0.15) is 0 Å². The molecule has 2 unspecified atom stereocenters. The first-order chi connectivity index (χ1) is 9.11. The molecule has 0 bridgehead atoms. The van der Waals surface area contributed by atoms with Crippen LogP contribution in [-0.4, -0.2) is 27.2 Å². The molecule has 0 aliphatic heterocycles. The van der Waals surface area contributed by atoms with Crippen LogP contribution in [0.15, 0.2) is 12.3 Å². The lowest BCUT2D eigenvalue weighted by atomic mass is 9.86. The van der Waals surface area contributed by atoms with Crippen molar-refractivity contribution in [2.24, 2.45) is 5.92 Å². The van der Waals surface area contributed by atoms with Gasteiger partial charge in [0, 0.05) is 17.4 Å². The number of nitrogens with zero attached hydrogens (tertiary/aromatic N) is 1. The minimum absolute atomic E-state index is 0.0918. The summed E-state index contributed by atoms with van der Waals surface area (Å²) in [6, 6.07) is 1.41. The number of carbonyl (C=O) groups is 1. The third-order valence-electron chi connectivity index (χ3n) is 3.55. The molecule has 2 atom stereocenters. The number of aromatic amines is 1. The molecular weight excluding hydrogens is 314 g/mol. The molecule has 1 aliphatic carbocycles. The maximum Gasteiger partial charge on any atom is 0.287 e. The van der Waals surface area contributed by atoms with Crippen LogP contribution in [-0.2, 0) is 0 Å². The van der Waals surface area contributed by atoms with Gasteiger partial charge in [-0.3, -0.25) is 14.9 Å². The molecule has 0 spiro atoms. The smallest absolute Gasteiger partial charge is 0.287 e. The minimum Gasteiger partial charge on any atom is -0.351 e. The van der Waals surface area contributed by atoms with Gasteiger partial charge < -0.3 is 10.3 Å². The molecule has 0 radical (unpaired) electrons. The maximum atomic E-state index is 12.0. The maximum absolute atomic E-state index is 12.0. The molecule has 1 amide bonds. The van der Waals surface area contributed by atoms with Crippen LogP contribution in [0.3, 0.4) is 0 Å². The van der Waals surface area contributed by atoms with Gasteiger partial charge in [0.05, 0.1) is 11.1 Å². The molecule has 0 saturated heterocycles. The Morgan fingerprint density at radius 3 is 2.89 bits per heavy atom. The second-order valence-electron chi connectivity index (χ2n) is 4.81. The van der Waals surface area contributed by atoms with E-state index in [4.69, 9.17) is 0 Å². The quantitative estimate of drug-likeness (QED) is 0.505. The topological polar surface area (TPSA) is 88.0 Å². The Labute approximate surface area is 119 Å². The zero-order valence-electron chi connectivity index (χ0n) is 10.4. The van der Waals surface area contributed by atoms with Crippen molar-refractivity contribution in [3.8, 4) is 0 Å². The molecule has 1 heterocycles. The Kier molecular flexibility index (Phi) is 4.57. The monoisotopic (exact) mass is 329 g/mol. The van der Waals surface area contributed by atoms with Crippen LogP contribution < -0.4 is 5.32 Å². The number of hydrogen-bond acceptors (Lipinski definition) is 3. The van der Waals surface area contributed by atoms with Gasteiger partial charge in [0.25, 0.3) is 11.6 Å². The third-order valence-corrected chi connectivity index (χ3v) is 4.38. The summed E-state index contributed by atoms with van der Waals surface area (Å²) in [7, 11) is 0. The number of halogens is 1. The van der Waals surface area contributed by atoms with E-state index in [9.17, 15) is 14.9 Å². The molecule has 1 aliphatic rings. The van der Waals surface area contributed by atoms with Crippen LogP contribution in [0.1, 0.15) is 36.2 Å². The van der Waals surface area contributed by atoms with Crippen LogP contribution in [0.2, 0.25) is 0 Å². The Hall–Kier alpha value is -1.37. The lowest BCUT2D eigenvalue weighted by Gasteiger charge is -2.30. The van der Waals surface area contributed by atoms with Crippen LogP contribution in [0.5, 0.6) is 0 Å². The molecule has 104 valence electrons. The van der Waals surface area contributed by atoms with E-state index in [1.54, 1.807) is 0 Å². The molecule has 0 aromatic carbocycles. The minimum atomic E-state index is -0.519. The number of rotatable bonds is 4. The number of amides is 1. The van der Waals surface area contributed by atoms with Gasteiger partial charge in [0.1, 0.15) is 5.69 Å². The summed E-state index contributed by atoms with van der Waals surface area (Å²) in [5.74, 6) is 0.161. The number of carbonyl (C=O) groups excluding carboxylic acids is 1. The van der Waals surface area contributed by atoms with Gasteiger partial charge in [-0.1, -0.05) is 28.8 Å². The molecule has 7 heteroatoms. The highest BCUT2D eigenvalue weighted by Crippen LogP contribution is 2.26. The Morgan fingerprint density at radius 2 is 2.26 bits per heavy atom. The van der Waals surface area contributed by atoms with Crippen molar-refractivity contribution in [3.63, 3.8) is 0 Å². The normalized spacial score (nSPS) is 23.0. The molecule has 19 heavy (non-hydrogen) atoms. The predicted molar refractivity (Wildman–Crippen MR) is 74.5 cm³/mol. The Morgan fingerprint density at radius 1 is 1.53 bits per heavy atom. The van der Waals surface area contributed by atoms with E-state index in [1.807, 2.05) is 0 Å². The third kappa shape index (κ3) is 3.34. The van der Waals surface area contributed by atoms with Crippen molar-refractivity contribution in [1.29, 1.82) is 0 Å². The van der Waals surface area contributed by atoms with Crippen molar-refractivity contribution < 1.29 is 9.72 Å². The summed E-state index contributed by atoms with van der Waals surface area (Å²) >= 11 is 3.47. The van der Waals surface area contributed by atoms with Crippen molar-refractivity contribution in [3.05, 3.63) is 28.1 Å². The standard InChI is InChI=1S/C12H16BrN3O3/c13-6-8-3-1-2-4-10(8)15-12(17)11-5-9(7-14-11)16(18)19/h5,7-8,10,14H,1-4,6H2,(H,15,17). The largest absolute Gasteiger partial charge is 0.351 e. The fourth-order valence-corrected chi connectivity index (χ4v) is 3.22. The molecule has 1 aromatic rings. The highest BCUT2D eigenvalue weighted by molar-refractivity contribution is 9.09. The van der Waals surface area contributed by atoms with E-state index in [0.717, 1.165) is 24.6 Å². The van der Waals surface area contributed by atoms with Crippen molar-refractivity contribution >= 4 is 27.5 Å². The van der Waals surface area contributed by atoms with Gasteiger partial charge in [0.2, 0.25) is 0 Å². The van der Waals surface area contributed by atoms with E-state index in [0.29, 0.717) is 5.92 Å². The zero-order valence-corrected chi connectivity index (χ0v) is 12.0. The summed E-state index contributed by atoms with van der Waals surface area (Å²) in [5.41, 5.74) is 0.149. The number of H-pyrrole nitrogens is 1. The van der Waals surface area contributed by atoms with Gasteiger partial charge in [-0.05, 0) is 18.8 Å². The molecule has 1 aromatic heterocycles. The highest BCUT2D eigenvalue weighted by Gasteiger charge is 2.26. The highest BCUT2D eigenvalue weighted by atomic mass is 79.9. The predicted octanol–water partition coefficient (Wildman–Crippen LogP) is 2.61. The molecule has 2 N–H and O–H groups in total. The number of aromatic nitrogens is 1. The van der Waals surface area contributed by atoms with E-state index < -0.39 is 4.92 Å². The average molecular weight is 330 g/mol. The van der Waals surface area contributed by atoms with Crippen molar-refractivity contribution in [2.45, 2.75) is 31.7 Å². The number of nitro groups is 1. The molecular formula is C12H16BrN3O3. The molecule has 1 saturated carbocycles. The molecule has 1 fully saturated rings. The van der Waals surface area contributed by atoms with E-state index >= 15 is 0 Å². The van der Waals surface area contributed by atoms with Crippen LogP contribution in [0.25, 0.3) is 0 Å². The fraction of sp³-hybridized carbons (Fsp3) is 0.583.